The number of nitro groups is 1. The summed E-state index contributed by atoms with van der Waals surface area (Å²) in [6, 6.07) is 3.77. The molecule has 3 atom stereocenters. The molecule has 0 spiro atoms. The molecule has 0 heterocycles. The number of hydrogen-bond acceptors (Lipinski definition) is 5. The number of nitrogens with one attached hydrogen (secondary N) is 1. The van der Waals surface area contributed by atoms with E-state index in [1.807, 2.05) is 0 Å². The lowest BCUT2D eigenvalue weighted by atomic mass is 9.49. The van der Waals surface area contributed by atoms with Gasteiger partial charge in [0.25, 0.3) is 11.6 Å². The molecule has 4 fully saturated rings. The summed E-state index contributed by atoms with van der Waals surface area (Å²) < 4.78 is 5.60. The third kappa shape index (κ3) is 4.35. The van der Waals surface area contributed by atoms with Crippen molar-refractivity contribution in [3.05, 3.63) is 33.3 Å². The number of nitrogens with zero attached hydrogens (tertiary/aromatic N) is 1. The minimum Gasteiger partial charge on any atom is -0.453 e. The van der Waals surface area contributed by atoms with E-state index in [0.717, 1.165) is 25.3 Å². The Morgan fingerprint density at radius 2 is 2.00 bits per heavy atom. The molecular formula is C21H24BrClN2O5. The molecule has 1 N–H and O–H groups in total. The van der Waals surface area contributed by atoms with E-state index in [4.69, 9.17) is 16.3 Å². The van der Waals surface area contributed by atoms with Gasteiger partial charge >= 0.3 is 5.97 Å². The van der Waals surface area contributed by atoms with Crippen molar-refractivity contribution in [1.29, 1.82) is 0 Å². The van der Waals surface area contributed by atoms with Crippen molar-refractivity contribution in [2.24, 2.45) is 17.3 Å². The van der Waals surface area contributed by atoms with Gasteiger partial charge in [0.1, 0.15) is 0 Å². The number of anilines is 1. The van der Waals surface area contributed by atoms with Gasteiger partial charge in [-0.2, -0.15) is 0 Å². The van der Waals surface area contributed by atoms with E-state index in [1.54, 1.807) is 0 Å². The average molecular weight is 500 g/mol. The van der Waals surface area contributed by atoms with E-state index in [0.29, 0.717) is 18.3 Å². The van der Waals surface area contributed by atoms with Crippen LogP contribution < -0.4 is 5.32 Å². The number of halogens is 2. The normalized spacial score (nSPS) is 32.5. The largest absolute Gasteiger partial charge is 0.453 e. The summed E-state index contributed by atoms with van der Waals surface area (Å²) in [6.45, 7) is 1.51. The van der Waals surface area contributed by atoms with Gasteiger partial charge in [-0.15, -0.1) is 0 Å². The number of alkyl halides is 1. The molecule has 0 unspecified atom stereocenters. The standard InChI is InChI=1S/C21H24BrClN2O5/c1-12(19(27)24-17-3-2-15(25(28)29)5-16(17)23)30-18(26)10-20-6-13-4-14(7-20)9-21(22,8-13)11-20/h2-3,5,12-14H,4,6-11H2,1H3,(H,24,27)/t12-,13+,14+,20?,21?/m0/s1. The van der Waals surface area contributed by atoms with Crippen LogP contribution in [0.25, 0.3) is 0 Å². The van der Waals surface area contributed by atoms with Gasteiger partial charge in [0.2, 0.25) is 0 Å². The van der Waals surface area contributed by atoms with Gasteiger partial charge in [0, 0.05) is 16.5 Å². The van der Waals surface area contributed by atoms with Crippen LogP contribution in [0.2, 0.25) is 5.02 Å². The van der Waals surface area contributed by atoms with Crippen LogP contribution in [0.1, 0.15) is 51.9 Å². The summed E-state index contributed by atoms with van der Waals surface area (Å²) in [5.74, 6) is 0.457. The van der Waals surface area contributed by atoms with Crippen molar-refractivity contribution in [3.63, 3.8) is 0 Å². The highest BCUT2D eigenvalue weighted by molar-refractivity contribution is 9.10. The number of esters is 1. The smallest absolute Gasteiger partial charge is 0.307 e. The highest BCUT2D eigenvalue weighted by atomic mass is 79.9. The first-order chi connectivity index (χ1) is 14.1. The van der Waals surface area contributed by atoms with Crippen molar-refractivity contribution in [2.75, 3.05) is 5.32 Å². The van der Waals surface area contributed by atoms with E-state index < -0.39 is 16.9 Å². The number of carbonyl (C=O) groups excluding carboxylic acids is 2. The van der Waals surface area contributed by atoms with Crippen LogP contribution in [0, 0.1) is 27.4 Å². The molecule has 9 heteroatoms. The SMILES string of the molecule is C[C@H](OC(=O)CC12C[C@H]3C[C@@H](CC(Br)(C3)C1)C2)C(=O)Nc1ccc([N+](=O)[O-])cc1Cl. The molecule has 30 heavy (non-hydrogen) atoms. The van der Waals surface area contributed by atoms with Gasteiger partial charge in [-0.05, 0) is 68.8 Å². The zero-order valence-electron chi connectivity index (χ0n) is 16.7. The van der Waals surface area contributed by atoms with Crippen molar-refractivity contribution in [3.8, 4) is 0 Å². The molecule has 7 nitrogen and oxygen atoms in total. The number of benzene rings is 1. The Kier molecular flexibility index (Phi) is 5.60. The first kappa shape index (κ1) is 21.6. The second-order valence-electron chi connectivity index (χ2n) is 9.33. The van der Waals surface area contributed by atoms with Gasteiger partial charge in [0.15, 0.2) is 6.10 Å². The minimum absolute atomic E-state index is 0.0253. The predicted molar refractivity (Wildman–Crippen MR) is 116 cm³/mol. The van der Waals surface area contributed by atoms with Gasteiger partial charge in [-0.3, -0.25) is 19.7 Å². The molecule has 0 aromatic heterocycles. The second-order valence-corrected chi connectivity index (χ2v) is 11.4. The number of carbonyl (C=O) groups is 2. The maximum absolute atomic E-state index is 12.7. The van der Waals surface area contributed by atoms with Gasteiger partial charge < -0.3 is 10.1 Å². The van der Waals surface area contributed by atoms with E-state index in [2.05, 4.69) is 21.2 Å². The van der Waals surface area contributed by atoms with Crippen LogP contribution >= 0.6 is 27.5 Å². The third-order valence-corrected chi connectivity index (χ3v) is 7.97. The molecular weight excluding hydrogens is 476 g/mol. The molecule has 162 valence electrons. The monoisotopic (exact) mass is 498 g/mol. The van der Waals surface area contributed by atoms with Crippen LogP contribution in [0.3, 0.4) is 0 Å². The Hall–Kier alpha value is -1.67. The Morgan fingerprint density at radius 1 is 1.33 bits per heavy atom. The first-order valence-corrected chi connectivity index (χ1v) is 11.4. The van der Waals surface area contributed by atoms with Gasteiger partial charge in [0.05, 0.1) is 22.1 Å². The van der Waals surface area contributed by atoms with E-state index in [1.165, 1.54) is 38.3 Å². The highest BCUT2D eigenvalue weighted by Crippen LogP contribution is 2.65. The predicted octanol–water partition coefficient (Wildman–Crippen LogP) is 5.24. The molecule has 4 aliphatic rings. The van der Waals surface area contributed by atoms with E-state index in [9.17, 15) is 19.7 Å². The molecule has 4 aliphatic carbocycles. The van der Waals surface area contributed by atoms with Gasteiger partial charge in [-0.25, -0.2) is 0 Å². The van der Waals surface area contributed by atoms with Crippen LogP contribution in [-0.4, -0.2) is 27.2 Å². The maximum Gasteiger partial charge on any atom is 0.307 e. The Morgan fingerprint density at radius 3 is 2.57 bits per heavy atom. The third-order valence-electron chi connectivity index (χ3n) is 6.73. The molecule has 4 bridgehead atoms. The Labute approximate surface area is 188 Å². The maximum atomic E-state index is 12.7. The molecule has 1 aromatic rings. The van der Waals surface area contributed by atoms with Crippen molar-refractivity contribution < 1.29 is 19.2 Å². The fraction of sp³-hybridized carbons (Fsp3) is 0.619. The quantitative estimate of drug-likeness (QED) is 0.250. The molecule has 4 saturated carbocycles. The molecule has 0 radical (unpaired) electrons. The number of rotatable bonds is 6. The van der Waals surface area contributed by atoms with Crippen LogP contribution in [0.15, 0.2) is 18.2 Å². The first-order valence-electron chi connectivity index (χ1n) is 10.2. The topological polar surface area (TPSA) is 98.5 Å². The molecule has 1 aromatic carbocycles. The van der Waals surface area contributed by atoms with Crippen LogP contribution in [0.5, 0.6) is 0 Å². The van der Waals surface area contributed by atoms with Crippen molar-refractivity contribution in [1.82, 2.24) is 0 Å². The lowest BCUT2D eigenvalue weighted by molar-refractivity contribution is -0.384. The summed E-state index contributed by atoms with van der Waals surface area (Å²) in [6.07, 6.45) is 6.10. The van der Waals surface area contributed by atoms with Crippen LogP contribution in [-0.2, 0) is 14.3 Å². The molecule has 5 rings (SSSR count). The minimum atomic E-state index is -0.990. The Balaban J connectivity index is 1.35. The van der Waals surface area contributed by atoms with Crippen molar-refractivity contribution >= 4 is 50.8 Å². The summed E-state index contributed by atoms with van der Waals surface area (Å²) in [7, 11) is 0. The zero-order valence-corrected chi connectivity index (χ0v) is 19.0. The number of amides is 1. The molecule has 0 saturated heterocycles. The number of hydrogen-bond donors (Lipinski definition) is 1. The Bertz CT molecular complexity index is 893. The van der Waals surface area contributed by atoms with Gasteiger partial charge in [-0.1, -0.05) is 27.5 Å². The lowest BCUT2D eigenvalue weighted by Gasteiger charge is -2.60. The second kappa shape index (κ2) is 7.79. The molecule has 0 aliphatic heterocycles. The summed E-state index contributed by atoms with van der Waals surface area (Å²) in [5.41, 5.74) is 0.0396. The average Bonchev–Trinajstić information content (AvgIpc) is 2.60. The number of non-ortho nitro benzene ring substituents is 1. The fourth-order valence-corrected chi connectivity index (χ4v) is 7.83. The van der Waals surface area contributed by atoms with Crippen LogP contribution in [0.4, 0.5) is 11.4 Å². The highest BCUT2D eigenvalue weighted by Gasteiger charge is 2.57. The fourth-order valence-electron chi connectivity index (χ4n) is 6.09. The summed E-state index contributed by atoms with van der Waals surface area (Å²) in [5, 5.41) is 13.4. The van der Waals surface area contributed by atoms with E-state index in [-0.39, 0.29) is 32.1 Å². The van der Waals surface area contributed by atoms with Crippen molar-refractivity contribution in [2.45, 2.75) is 62.3 Å². The lowest BCUT2D eigenvalue weighted by Crippen LogP contribution is -2.53. The summed E-state index contributed by atoms with van der Waals surface area (Å²) >= 11 is 9.96. The van der Waals surface area contributed by atoms with E-state index >= 15 is 0 Å². The molecule has 1 amide bonds. The summed E-state index contributed by atoms with van der Waals surface area (Å²) in [4.78, 5) is 35.3. The number of nitro benzene ring substituents is 1. The number of ether oxygens (including phenoxy) is 1. The zero-order chi connectivity index (χ0) is 21.7.